The van der Waals surface area contributed by atoms with Gasteiger partial charge in [-0.25, -0.2) is 4.98 Å². The van der Waals surface area contributed by atoms with Gasteiger partial charge in [0.15, 0.2) is 0 Å². The van der Waals surface area contributed by atoms with Crippen molar-refractivity contribution in [3.8, 4) is 0 Å². The molecule has 1 aromatic heterocycles. The SMILES string of the molecule is CC(C)(C)C(N)c1nc(CCC(=O)O)cs1. The second kappa shape index (κ2) is 4.93. The second-order valence-corrected chi connectivity index (χ2v) is 5.80. The van der Waals surface area contributed by atoms with Crippen LogP contribution in [-0.4, -0.2) is 16.1 Å². The lowest BCUT2D eigenvalue weighted by molar-refractivity contribution is -0.136. The Morgan fingerprint density at radius 2 is 2.25 bits per heavy atom. The average Bonchev–Trinajstić information content (AvgIpc) is 2.60. The predicted octanol–water partition coefficient (Wildman–Crippen LogP) is 2.21. The molecular weight excluding hydrogens is 224 g/mol. The molecule has 16 heavy (non-hydrogen) atoms. The van der Waals surface area contributed by atoms with Crippen LogP contribution in [0.1, 0.15) is 43.9 Å². The number of carboxylic acids is 1. The first kappa shape index (κ1) is 13.1. The molecule has 0 aliphatic heterocycles. The molecule has 0 radical (unpaired) electrons. The fourth-order valence-electron chi connectivity index (χ4n) is 1.19. The van der Waals surface area contributed by atoms with E-state index < -0.39 is 5.97 Å². The second-order valence-electron chi connectivity index (χ2n) is 4.91. The van der Waals surface area contributed by atoms with Crippen LogP contribution in [0.3, 0.4) is 0 Å². The first-order valence-electron chi connectivity index (χ1n) is 5.22. The number of nitrogens with zero attached hydrogens (tertiary/aromatic N) is 1. The van der Waals surface area contributed by atoms with Crippen LogP contribution in [0, 0.1) is 5.41 Å². The quantitative estimate of drug-likeness (QED) is 0.848. The summed E-state index contributed by atoms with van der Waals surface area (Å²) in [5, 5.41) is 11.3. The fraction of sp³-hybridized carbons (Fsp3) is 0.636. The highest BCUT2D eigenvalue weighted by molar-refractivity contribution is 7.09. The third-order valence-electron chi connectivity index (χ3n) is 2.36. The third-order valence-corrected chi connectivity index (χ3v) is 3.34. The molecule has 4 nitrogen and oxygen atoms in total. The van der Waals surface area contributed by atoms with Gasteiger partial charge in [-0.15, -0.1) is 11.3 Å². The van der Waals surface area contributed by atoms with Crippen molar-refractivity contribution in [3.05, 3.63) is 16.1 Å². The number of carboxylic acid groups (broad SMARTS) is 1. The normalized spacial score (nSPS) is 13.8. The van der Waals surface area contributed by atoms with Gasteiger partial charge in [0, 0.05) is 11.8 Å². The Hall–Kier alpha value is -0.940. The number of hydrogen-bond donors (Lipinski definition) is 2. The number of aryl methyl sites for hydroxylation is 1. The van der Waals surface area contributed by atoms with E-state index in [1.807, 2.05) is 5.38 Å². The van der Waals surface area contributed by atoms with Gasteiger partial charge < -0.3 is 10.8 Å². The Balaban J connectivity index is 2.68. The van der Waals surface area contributed by atoms with Crippen LogP contribution in [0.2, 0.25) is 0 Å². The van der Waals surface area contributed by atoms with Gasteiger partial charge in [-0.3, -0.25) is 4.79 Å². The molecule has 0 aliphatic rings. The van der Waals surface area contributed by atoms with Crippen LogP contribution in [0.25, 0.3) is 0 Å². The van der Waals surface area contributed by atoms with Crippen LogP contribution < -0.4 is 5.73 Å². The van der Waals surface area contributed by atoms with Crippen molar-refractivity contribution in [3.63, 3.8) is 0 Å². The Bertz CT molecular complexity index is 368. The number of rotatable bonds is 4. The monoisotopic (exact) mass is 242 g/mol. The van der Waals surface area contributed by atoms with E-state index in [1.54, 1.807) is 0 Å². The van der Waals surface area contributed by atoms with E-state index in [0.29, 0.717) is 6.42 Å². The van der Waals surface area contributed by atoms with Gasteiger partial charge in [0.1, 0.15) is 5.01 Å². The smallest absolute Gasteiger partial charge is 0.303 e. The lowest BCUT2D eigenvalue weighted by Gasteiger charge is -2.24. The lowest BCUT2D eigenvalue weighted by Crippen LogP contribution is -2.26. The molecule has 1 atom stereocenters. The van der Waals surface area contributed by atoms with E-state index in [1.165, 1.54) is 11.3 Å². The minimum absolute atomic E-state index is 0.0259. The zero-order valence-corrected chi connectivity index (χ0v) is 10.7. The van der Waals surface area contributed by atoms with Gasteiger partial charge in [-0.1, -0.05) is 20.8 Å². The Morgan fingerprint density at radius 3 is 2.75 bits per heavy atom. The molecule has 3 N–H and O–H groups in total. The van der Waals surface area contributed by atoms with Crippen molar-refractivity contribution in [1.29, 1.82) is 0 Å². The number of carbonyl (C=O) groups is 1. The molecule has 1 rings (SSSR count). The summed E-state index contributed by atoms with van der Waals surface area (Å²) in [6.07, 6.45) is 0.594. The lowest BCUT2D eigenvalue weighted by atomic mass is 9.88. The van der Waals surface area contributed by atoms with Crippen molar-refractivity contribution < 1.29 is 9.90 Å². The largest absolute Gasteiger partial charge is 0.481 e. The van der Waals surface area contributed by atoms with Crippen LogP contribution in [-0.2, 0) is 11.2 Å². The Kier molecular flexibility index (Phi) is 4.04. The van der Waals surface area contributed by atoms with E-state index in [0.717, 1.165) is 10.7 Å². The molecule has 0 bridgehead atoms. The first-order chi connectivity index (χ1) is 7.30. The molecule has 0 aromatic carbocycles. The summed E-state index contributed by atoms with van der Waals surface area (Å²) >= 11 is 1.51. The first-order valence-corrected chi connectivity index (χ1v) is 6.10. The van der Waals surface area contributed by atoms with E-state index in [-0.39, 0.29) is 17.9 Å². The Labute approximate surface area is 99.5 Å². The molecule has 5 heteroatoms. The van der Waals surface area contributed by atoms with Gasteiger partial charge in [-0.2, -0.15) is 0 Å². The van der Waals surface area contributed by atoms with Crippen LogP contribution >= 0.6 is 11.3 Å². The molecule has 0 spiro atoms. The minimum atomic E-state index is -0.797. The molecule has 0 aliphatic carbocycles. The molecule has 0 saturated carbocycles. The van der Waals surface area contributed by atoms with E-state index in [2.05, 4.69) is 25.8 Å². The summed E-state index contributed by atoms with van der Waals surface area (Å²) in [6.45, 7) is 6.20. The molecule has 90 valence electrons. The fourth-order valence-corrected chi connectivity index (χ4v) is 2.28. The van der Waals surface area contributed by atoms with Gasteiger partial charge >= 0.3 is 5.97 Å². The summed E-state index contributed by atoms with van der Waals surface area (Å²) < 4.78 is 0. The molecule has 1 aromatic rings. The highest BCUT2D eigenvalue weighted by Crippen LogP contribution is 2.32. The van der Waals surface area contributed by atoms with E-state index in [9.17, 15) is 4.79 Å². The van der Waals surface area contributed by atoms with Crippen molar-refractivity contribution >= 4 is 17.3 Å². The highest BCUT2D eigenvalue weighted by atomic mass is 32.1. The van der Waals surface area contributed by atoms with Crippen molar-refractivity contribution in [2.24, 2.45) is 11.1 Å². The Morgan fingerprint density at radius 1 is 1.62 bits per heavy atom. The summed E-state index contributed by atoms with van der Waals surface area (Å²) in [6, 6.07) is -0.101. The summed E-state index contributed by atoms with van der Waals surface area (Å²) in [7, 11) is 0. The summed E-state index contributed by atoms with van der Waals surface area (Å²) in [5.41, 5.74) is 6.87. The maximum absolute atomic E-state index is 10.4. The van der Waals surface area contributed by atoms with Crippen molar-refractivity contribution in [2.45, 2.75) is 39.7 Å². The number of nitrogens with two attached hydrogens (primary N) is 1. The van der Waals surface area contributed by atoms with E-state index >= 15 is 0 Å². The van der Waals surface area contributed by atoms with Crippen LogP contribution in [0.5, 0.6) is 0 Å². The maximum atomic E-state index is 10.4. The third kappa shape index (κ3) is 3.57. The van der Waals surface area contributed by atoms with E-state index in [4.69, 9.17) is 10.8 Å². The maximum Gasteiger partial charge on any atom is 0.303 e. The number of thiazole rings is 1. The number of aromatic nitrogens is 1. The number of hydrogen-bond acceptors (Lipinski definition) is 4. The molecular formula is C11H18N2O2S. The molecule has 1 unspecified atom stereocenters. The van der Waals surface area contributed by atoms with Crippen molar-refractivity contribution in [2.75, 3.05) is 0 Å². The van der Waals surface area contributed by atoms with Gasteiger partial charge in [0.25, 0.3) is 0 Å². The molecule has 1 heterocycles. The standard InChI is InChI=1S/C11H18N2O2S/c1-11(2,3)9(12)10-13-7(6-16-10)4-5-8(14)15/h6,9H,4-5,12H2,1-3H3,(H,14,15). The number of aliphatic carboxylic acids is 1. The summed E-state index contributed by atoms with van der Waals surface area (Å²) in [4.78, 5) is 14.8. The summed E-state index contributed by atoms with van der Waals surface area (Å²) in [5.74, 6) is -0.797. The van der Waals surface area contributed by atoms with Crippen LogP contribution in [0.4, 0.5) is 0 Å². The van der Waals surface area contributed by atoms with Crippen molar-refractivity contribution in [1.82, 2.24) is 4.98 Å². The molecule has 0 saturated heterocycles. The minimum Gasteiger partial charge on any atom is -0.481 e. The van der Waals surface area contributed by atoms with Gasteiger partial charge in [0.2, 0.25) is 0 Å². The molecule has 0 fully saturated rings. The van der Waals surface area contributed by atoms with Gasteiger partial charge in [0.05, 0.1) is 18.2 Å². The zero-order chi connectivity index (χ0) is 12.3. The van der Waals surface area contributed by atoms with Gasteiger partial charge in [-0.05, 0) is 5.41 Å². The topological polar surface area (TPSA) is 76.2 Å². The van der Waals surface area contributed by atoms with Crippen LogP contribution in [0.15, 0.2) is 5.38 Å². The molecule has 0 amide bonds. The zero-order valence-electron chi connectivity index (χ0n) is 9.86. The highest BCUT2D eigenvalue weighted by Gasteiger charge is 2.24. The average molecular weight is 242 g/mol. The predicted molar refractivity (Wildman–Crippen MR) is 64.5 cm³/mol.